The fraction of sp³-hybridized carbons (Fsp3) is 0.318. The predicted octanol–water partition coefficient (Wildman–Crippen LogP) is 4.54. The van der Waals surface area contributed by atoms with Gasteiger partial charge in [0.2, 0.25) is 0 Å². The summed E-state index contributed by atoms with van der Waals surface area (Å²) in [5.41, 5.74) is 3.19. The number of carbonyl (C=O) groups is 1. The predicted molar refractivity (Wildman–Crippen MR) is 107 cm³/mol. The highest BCUT2D eigenvalue weighted by Crippen LogP contribution is 2.36. The van der Waals surface area contributed by atoms with Gasteiger partial charge in [0.1, 0.15) is 12.4 Å². The number of morpholine rings is 1. The summed E-state index contributed by atoms with van der Waals surface area (Å²) in [5.74, 6) is 0.645. The van der Waals surface area contributed by atoms with Gasteiger partial charge in [0.25, 0.3) is 0 Å². The molecule has 146 valence electrons. The number of halogens is 1. The number of rotatable bonds is 4. The normalized spacial score (nSPS) is 21.1. The number of hydrogen-bond donors (Lipinski definition) is 0. The van der Waals surface area contributed by atoms with Crippen LogP contribution in [0.2, 0.25) is 5.02 Å². The first-order valence-corrected chi connectivity index (χ1v) is 9.65. The molecule has 2 aromatic carbocycles. The minimum atomic E-state index is -0.300. The maximum Gasteiger partial charge on any atom is 0.411 e. The van der Waals surface area contributed by atoms with Gasteiger partial charge in [-0.3, -0.25) is 4.90 Å². The average Bonchev–Trinajstić information content (AvgIpc) is 2.72. The van der Waals surface area contributed by atoms with Gasteiger partial charge in [-0.25, -0.2) is 4.79 Å². The lowest BCUT2D eigenvalue weighted by atomic mass is 9.90. The highest BCUT2D eigenvalue weighted by molar-refractivity contribution is 6.32. The molecular formula is C22H22ClNO4. The van der Waals surface area contributed by atoms with E-state index < -0.39 is 0 Å². The molecule has 2 aromatic rings. The molecule has 2 heterocycles. The Bertz CT molecular complexity index is 883. The van der Waals surface area contributed by atoms with Crippen molar-refractivity contribution in [3.63, 3.8) is 0 Å². The van der Waals surface area contributed by atoms with Gasteiger partial charge in [-0.2, -0.15) is 0 Å². The highest BCUT2D eigenvalue weighted by Gasteiger charge is 2.39. The van der Waals surface area contributed by atoms with E-state index in [4.69, 9.17) is 25.8 Å². The largest absolute Gasteiger partial charge is 0.495 e. The molecule has 0 saturated carbocycles. The van der Waals surface area contributed by atoms with Crippen molar-refractivity contribution in [3.8, 4) is 5.75 Å². The number of carbonyl (C=O) groups excluding carboxylic acids is 1. The molecule has 0 radical (unpaired) electrons. The van der Waals surface area contributed by atoms with Crippen molar-refractivity contribution < 1.29 is 19.0 Å². The van der Waals surface area contributed by atoms with Crippen LogP contribution in [-0.4, -0.2) is 43.4 Å². The molecule has 0 spiro atoms. The van der Waals surface area contributed by atoms with Crippen molar-refractivity contribution in [2.45, 2.75) is 25.1 Å². The number of benzene rings is 2. The van der Waals surface area contributed by atoms with Crippen LogP contribution >= 0.6 is 11.6 Å². The lowest BCUT2D eigenvalue weighted by Gasteiger charge is -2.43. The average molecular weight is 400 g/mol. The van der Waals surface area contributed by atoms with Crippen molar-refractivity contribution in [1.29, 1.82) is 0 Å². The van der Waals surface area contributed by atoms with E-state index in [1.54, 1.807) is 7.11 Å². The molecule has 2 aliphatic rings. The van der Waals surface area contributed by atoms with Crippen LogP contribution in [0.1, 0.15) is 17.5 Å². The lowest BCUT2D eigenvalue weighted by Crippen LogP contribution is -2.56. The summed E-state index contributed by atoms with van der Waals surface area (Å²) in [6.07, 6.45) is 2.48. The van der Waals surface area contributed by atoms with Crippen LogP contribution in [0, 0.1) is 0 Å². The molecule has 0 N–H and O–H groups in total. The topological polar surface area (TPSA) is 48.0 Å². The molecule has 0 aliphatic carbocycles. The molecule has 5 nitrogen and oxygen atoms in total. The molecule has 2 aliphatic heterocycles. The minimum Gasteiger partial charge on any atom is -0.495 e. The van der Waals surface area contributed by atoms with E-state index in [9.17, 15) is 4.79 Å². The van der Waals surface area contributed by atoms with Crippen LogP contribution in [0.15, 0.2) is 54.6 Å². The summed E-state index contributed by atoms with van der Waals surface area (Å²) >= 11 is 6.15. The van der Waals surface area contributed by atoms with Crippen molar-refractivity contribution in [3.05, 3.63) is 70.8 Å². The smallest absolute Gasteiger partial charge is 0.411 e. The summed E-state index contributed by atoms with van der Waals surface area (Å²) in [4.78, 5) is 14.6. The number of amides is 1. The maximum atomic E-state index is 12.8. The molecule has 2 atom stereocenters. The third-order valence-corrected chi connectivity index (χ3v) is 5.45. The van der Waals surface area contributed by atoms with Crippen LogP contribution in [0.4, 0.5) is 4.79 Å². The van der Waals surface area contributed by atoms with Gasteiger partial charge in [0.15, 0.2) is 0 Å². The van der Waals surface area contributed by atoms with Crippen LogP contribution in [0.25, 0.3) is 5.57 Å². The van der Waals surface area contributed by atoms with E-state index in [2.05, 4.69) is 6.08 Å². The van der Waals surface area contributed by atoms with Gasteiger partial charge in [-0.15, -0.1) is 0 Å². The van der Waals surface area contributed by atoms with Gasteiger partial charge in [0.05, 0.1) is 37.4 Å². The third-order valence-electron chi connectivity index (χ3n) is 5.14. The van der Waals surface area contributed by atoms with Crippen molar-refractivity contribution in [1.82, 2.24) is 4.90 Å². The Morgan fingerprint density at radius 2 is 2.04 bits per heavy atom. The molecule has 6 heteroatoms. The van der Waals surface area contributed by atoms with Gasteiger partial charge in [-0.05, 0) is 35.3 Å². The Kier molecular flexibility index (Phi) is 5.55. The maximum absolute atomic E-state index is 12.8. The van der Waals surface area contributed by atoms with E-state index in [0.717, 1.165) is 11.1 Å². The van der Waals surface area contributed by atoms with Crippen LogP contribution < -0.4 is 4.74 Å². The monoisotopic (exact) mass is 399 g/mol. The molecule has 0 aromatic heterocycles. The van der Waals surface area contributed by atoms with Gasteiger partial charge in [-0.1, -0.05) is 54.1 Å². The summed E-state index contributed by atoms with van der Waals surface area (Å²) in [6.45, 7) is 1.23. The molecule has 1 amide bonds. The minimum absolute atomic E-state index is 0.0521. The number of fused-ring (bicyclic) bond motifs is 2. The first-order valence-electron chi connectivity index (χ1n) is 9.27. The van der Waals surface area contributed by atoms with E-state index in [0.29, 0.717) is 30.4 Å². The summed E-state index contributed by atoms with van der Waals surface area (Å²) < 4.78 is 16.6. The summed E-state index contributed by atoms with van der Waals surface area (Å²) in [6, 6.07) is 15.3. The number of ether oxygens (including phenoxy) is 3. The molecule has 4 rings (SSSR count). The van der Waals surface area contributed by atoms with Crippen LogP contribution in [-0.2, 0) is 16.1 Å². The van der Waals surface area contributed by atoms with E-state index in [1.807, 2.05) is 53.4 Å². The third kappa shape index (κ3) is 3.86. The number of methoxy groups -OCH3 is 1. The fourth-order valence-electron chi connectivity index (χ4n) is 3.75. The van der Waals surface area contributed by atoms with Gasteiger partial charge >= 0.3 is 6.09 Å². The summed E-state index contributed by atoms with van der Waals surface area (Å²) in [5, 5.41) is 0.581. The fourth-order valence-corrected chi connectivity index (χ4v) is 3.94. The number of hydrogen-bond acceptors (Lipinski definition) is 4. The van der Waals surface area contributed by atoms with Gasteiger partial charge in [0, 0.05) is 0 Å². The van der Waals surface area contributed by atoms with E-state index in [1.165, 1.54) is 5.57 Å². The van der Waals surface area contributed by atoms with Crippen LogP contribution in [0.3, 0.4) is 0 Å². The second kappa shape index (κ2) is 8.25. The van der Waals surface area contributed by atoms with Crippen LogP contribution in [0.5, 0.6) is 5.75 Å². The van der Waals surface area contributed by atoms with E-state index in [-0.39, 0.29) is 24.8 Å². The van der Waals surface area contributed by atoms with Gasteiger partial charge < -0.3 is 14.2 Å². The zero-order valence-electron chi connectivity index (χ0n) is 15.6. The summed E-state index contributed by atoms with van der Waals surface area (Å²) in [7, 11) is 1.60. The zero-order valence-corrected chi connectivity index (χ0v) is 16.4. The molecule has 1 fully saturated rings. The quantitative estimate of drug-likeness (QED) is 0.757. The molecule has 2 unspecified atom stereocenters. The van der Waals surface area contributed by atoms with Crippen molar-refractivity contribution in [2.24, 2.45) is 0 Å². The Morgan fingerprint density at radius 1 is 1.21 bits per heavy atom. The first kappa shape index (κ1) is 18.8. The molecule has 2 bridgehead atoms. The lowest BCUT2D eigenvalue weighted by molar-refractivity contribution is -0.0342. The Hall–Kier alpha value is -2.50. The Labute approximate surface area is 169 Å². The second-order valence-electron chi connectivity index (χ2n) is 6.95. The Balaban J connectivity index is 1.51. The highest BCUT2D eigenvalue weighted by atomic mass is 35.5. The standard InChI is InChI=1S/C22H22ClNO4/c1-26-21-11-16(7-8-20(21)23)17-9-18-13-27-14-19(10-17)24(18)22(25)28-12-15-5-3-2-4-6-15/h2-9,11,18-19H,10,12-14H2,1H3. The number of nitrogens with zero attached hydrogens (tertiary/aromatic N) is 1. The molecular weight excluding hydrogens is 378 g/mol. The Morgan fingerprint density at radius 3 is 2.79 bits per heavy atom. The zero-order chi connectivity index (χ0) is 19.5. The molecule has 28 heavy (non-hydrogen) atoms. The first-order chi connectivity index (χ1) is 13.7. The van der Waals surface area contributed by atoms with Crippen molar-refractivity contribution in [2.75, 3.05) is 20.3 Å². The molecule has 1 saturated heterocycles. The van der Waals surface area contributed by atoms with Crippen molar-refractivity contribution >= 4 is 23.3 Å². The van der Waals surface area contributed by atoms with E-state index >= 15 is 0 Å². The SMILES string of the molecule is COc1cc(C2=CC3COCC(C2)N3C(=O)OCc2ccccc2)ccc1Cl. The second-order valence-corrected chi connectivity index (χ2v) is 7.36.